The van der Waals surface area contributed by atoms with Crippen molar-refractivity contribution < 1.29 is 13.2 Å². The highest BCUT2D eigenvalue weighted by molar-refractivity contribution is 4.90. The average Bonchev–Trinajstić information content (AvgIpc) is 2.15. The first-order valence-electron chi connectivity index (χ1n) is 6.29. The fourth-order valence-corrected chi connectivity index (χ4v) is 3.01. The van der Waals surface area contributed by atoms with Gasteiger partial charge in [0.25, 0.3) is 0 Å². The Balaban J connectivity index is 2.80. The highest BCUT2D eigenvalue weighted by Crippen LogP contribution is 2.33. The highest BCUT2D eigenvalue weighted by Gasteiger charge is 2.47. The summed E-state index contributed by atoms with van der Waals surface area (Å²) in [6.07, 6.45) is -0.251. The van der Waals surface area contributed by atoms with Crippen LogP contribution in [0, 0.1) is 5.92 Å². The molecule has 0 aromatic heterocycles. The second kappa shape index (κ2) is 5.57. The lowest BCUT2D eigenvalue weighted by Crippen LogP contribution is -2.58. The molecule has 2 nitrogen and oxygen atoms in total. The van der Waals surface area contributed by atoms with Crippen molar-refractivity contribution in [2.24, 2.45) is 11.7 Å². The zero-order valence-electron chi connectivity index (χ0n) is 10.8. The van der Waals surface area contributed by atoms with Gasteiger partial charge in [0.05, 0.1) is 0 Å². The molecular weight excluding hydrogens is 229 g/mol. The SMILES string of the molecule is CC(N)C(N(C)C1CCCCC1C)C(F)(F)F. The van der Waals surface area contributed by atoms with Crippen LogP contribution >= 0.6 is 0 Å². The third-order valence-electron chi connectivity index (χ3n) is 3.86. The van der Waals surface area contributed by atoms with Gasteiger partial charge in [0.2, 0.25) is 0 Å². The van der Waals surface area contributed by atoms with Crippen LogP contribution in [0.25, 0.3) is 0 Å². The van der Waals surface area contributed by atoms with Gasteiger partial charge in [0.15, 0.2) is 0 Å². The van der Waals surface area contributed by atoms with Crippen molar-refractivity contribution in [3.8, 4) is 0 Å². The molecule has 0 aliphatic heterocycles. The lowest BCUT2D eigenvalue weighted by Gasteiger charge is -2.42. The number of hydrogen-bond donors (Lipinski definition) is 1. The van der Waals surface area contributed by atoms with Crippen molar-refractivity contribution in [2.75, 3.05) is 7.05 Å². The summed E-state index contributed by atoms with van der Waals surface area (Å²) >= 11 is 0. The number of hydrogen-bond acceptors (Lipinski definition) is 2. The molecule has 0 bridgehead atoms. The largest absolute Gasteiger partial charge is 0.405 e. The van der Waals surface area contributed by atoms with Gasteiger partial charge >= 0.3 is 6.18 Å². The summed E-state index contributed by atoms with van der Waals surface area (Å²) in [5, 5.41) is 0. The van der Waals surface area contributed by atoms with E-state index in [9.17, 15) is 13.2 Å². The Morgan fingerprint density at radius 3 is 2.18 bits per heavy atom. The van der Waals surface area contributed by atoms with E-state index in [1.165, 1.54) is 11.8 Å². The minimum atomic E-state index is -4.25. The van der Waals surface area contributed by atoms with E-state index in [0.29, 0.717) is 5.92 Å². The number of alkyl halides is 3. The molecule has 4 unspecified atom stereocenters. The lowest BCUT2D eigenvalue weighted by atomic mass is 9.84. The smallest absolute Gasteiger partial charge is 0.326 e. The monoisotopic (exact) mass is 252 g/mol. The van der Waals surface area contributed by atoms with Crippen LogP contribution in [0.2, 0.25) is 0 Å². The van der Waals surface area contributed by atoms with Crippen LogP contribution in [-0.4, -0.2) is 36.2 Å². The zero-order chi connectivity index (χ0) is 13.2. The normalized spacial score (nSPS) is 30.4. The number of nitrogens with two attached hydrogens (primary N) is 1. The minimum Gasteiger partial charge on any atom is -0.326 e. The molecule has 0 radical (unpaired) electrons. The molecule has 2 N–H and O–H groups in total. The van der Waals surface area contributed by atoms with Crippen LogP contribution in [0.1, 0.15) is 39.5 Å². The fourth-order valence-electron chi connectivity index (χ4n) is 3.01. The molecular formula is C12H23F3N2. The molecule has 102 valence electrons. The van der Waals surface area contributed by atoms with Gasteiger partial charge in [-0.3, -0.25) is 4.90 Å². The summed E-state index contributed by atoms with van der Waals surface area (Å²) < 4.78 is 38.9. The molecule has 4 atom stereocenters. The molecule has 1 aliphatic rings. The summed E-state index contributed by atoms with van der Waals surface area (Å²) in [4.78, 5) is 1.45. The Bertz CT molecular complexity index is 240. The van der Waals surface area contributed by atoms with Gasteiger partial charge in [-0.05, 0) is 32.7 Å². The summed E-state index contributed by atoms with van der Waals surface area (Å²) in [7, 11) is 1.56. The second-order valence-corrected chi connectivity index (χ2v) is 5.34. The van der Waals surface area contributed by atoms with E-state index in [-0.39, 0.29) is 6.04 Å². The topological polar surface area (TPSA) is 29.3 Å². The third kappa shape index (κ3) is 3.58. The summed E-state index contributed by atoms with van der Waals surface area (Å²) in [5.74, 6) is 0.317. The Morgan fingerprint density at radius 1 is 1.24 bits per heavy atom. The summed E-state index contributed by atoms with van der Waals surface area (Å²) in [6.45, 7) is 3.47. The number of rotatable bonds is 3. The molecule has 1 aliphatic carbocycles. The summed E-state index contributed by atoms with van der Waals surface area (Å²) in [5.41, 5.74) is 5.51. The standard InChI is InChI=1S/C12H23F3N2/c1-8-6-4-5-7-10(8)17(3)11(9(2)16)12(13,14)15/h8-11H,4-7,16H2,1-3H3. The third-order valence-corrected chi connectivity index (χ3v) is 3.86. The maximum atomic E-state index is 13.0. The van der Waals surface area contributed by atoms with Gasteiger partial charge in [-0.1, -0.05) is 19.8 Å². The molecule has 1 rings (SSSR count). The van der Waals surface area contributed by atoms with E-state index in [1.54, 1.807) is 7.05 Å². The molecule has 0 amide bonds. The maximum absolute atomic E-state index is 13.0. The Hall–Kier alpha value is -0.290. The number of halogens is 3. The predicted octanol–water partition coefficient (Wildman–Crippen LogP) is 2.78. The van der Waals surface area contributed by atoms with Crippen LogP contribution in [-0.2, 0) is 0 Å². The van der Waals surface area contributed by atoms with Gasteiger partial charge in [0, 0.05) is 12.1 Å². The molecule has 1 saturated carbocycles. The van der Waals surface area contributed by atoms with Crippen LogP contribution < -0.4 is 5.73 Å². The van der Waals surface area contributed by atoms with Crippen molar-refractivity contribution in [2.45, 2.75) is 63.8 Å². The minimum absolute atomic E-state index is 0.00127. The predicted molar refractivity (Wildman–Crippen MR) is 62.7 cm³/mol. The van der Waals surface area contributed by atoms with Gasteiger partial charge in [0.1, 0.15) is 6.04 Å². The molecule has 1 fully saturated rings. The Labute approximate surface area is 101 Å². The summed E-state index contributed by atoms with van der Waals surface area (Å²) in [6, 6.07) is -2.43. The average molecular weight is 252 g/mol. The Kier molecular flexibility index (Phi) is 4.84. The molecule has 0 heterocycles. The fraction of sp³-hybridized carbons (Fsp3) is 1.00. The van der Waals surface area contributed by atoms with Crippen LogP contribution in [0.5, 0.6) is 0 Å². The van der Waals surface area contributed by atoms with Crippen LogP contribution in [0.3, 0.4) is 0 Å². The van der Waals surface area contributed by atoms with Gasteiger partial charge in [-0.25, -0.2) is 0 Å². The van der Waals surface area contributed by atoms with Gasteiger partial charge < -0.3 is 5.73 Å². The molecule has 0 aromatic rings. The number of nitrogens with zero attached hydrogens (tertiary/aromatic N) is 1. The van der Waals surface area contributed by atoms with Gasteiger partial charge in [-0.2, -0.15) is 13.2 Å². The highest BCUT2D eigenvalue weighted by atomic mass is 19.4. The maximum Gasteiger partial charge on any atom is 0.405 e. The van der Waals surface area contributed by atoms with E-state index in [2.05, 4.69) is 0 Å². The second-order valence-electron chi connectivity index (χ2n) is 5.34. The quantitative estimate of drug-likeness (QED) is 0.837. The van der Waals surface area contributed by atoms with E-state index in [4.69, 9.17) is 5.73 Å². The molecule has 0 aromatic carbocycles. The Morgan fingerprint density at radius 2 is 1.76 bits per heavy atom. The first kappa shape index (κ1) is 14.8. The molecule has 17 heavy (non-hydrogen) atoms. The first-order chi connectivity index (χ1) is 7.75. The van der Waals surface area contributed by atoms with Crippen molar-refractivity contribution in [3.63, 3.8) is 0 Å². The van der Waals surface area contributed by atoms with Crippen molar-refractivity contribution in [1.82, 2.24) is 4.90 Å². The molecule has 5 heteroatoms. The lowest BCUT2D eigenvalue weighted by molar-refractivity contribution is -0.193. The van der Waals surface area contributed by atoms with Crippen molar-refractivity contribution in [3.05, 3.63) is 0 Å². The van der Waals surface area contributed by atoms with E-state index in [1.807, 2.05) is 6.92 Å². The molecule has 0 spiro atoms. The van der Waals surface area contributed by atoms with E-state index in [0.717, 1.165) is 25.7 Å². The van der Waals surface area contributed by atoms with Crippen LogP contribution in [0.4, 0.5) is 13.2 Å². The van der Waals surface area contributed by atoms with E-state index >= 15 is 0 Å². The zero-order valence-corrected chi connectivity index (χ0v) is 10.8. The van der Waals surface area contributed by atoms with Gasteiger partial charge in [-0.15, -0.1) is 0 Å². The van der Waals surface area contributed by atoms with Crippen molar-refractivity contribution >= 4 is 0 Å². The van der Waals surface area contributed by atoms with Crippen molar-refractivity contribution in [1.29, 1.82) is 0 Å². The number of likely N-dealkylation sites (N-methyl/N-ethyl adjacent to an activating group) is 1. The van der Waals surface area contributed by atoms with E-state index < -0.39 is 18.3 Å². The van der Waals surface area contributed by atoms with Crippen LogP contribution in [0.15, 0.2) is 0 Å². The first-order valence-corrected chi connectivity index (χ1v) is 6.29. The molecule has 0 saturated heterocycles.